The summed E-state index contributed by atoms with van der Waals surface area (Å²) < 4.78 is 26.5. The van der Waals surface area contributed by atoms with Crippen molar-refractivity contribution in [2.45, 2.75) is 13.3 Å². The average molecular weight is 300 g/mol. The summed E-state index contributed by atoms with van der Waals surface area (Å²) in [7, 11) is 0. The lowest BCUT2D eigenvalue weighted by Crippen LogP contribution is -1.93. The summed E-state index contributed by atoms with van der Waals surface area (Å²) in [6, 6.07) is 1.20. The van der Waals surface area contributed by atoms with E-state index in [4.69, 9.17) is 0 Å². The van der Waals surface area contributed by atoms with Gasteiger partial charge in [-0.1, -0.05) is 6.92 Å². The molecule has 66 valence electrons. The summed E-state index contributed by atoms with van der Waals surface area (Å²) in [5, 5.41) is 0. The fourth-order valence-corrected chi connectivity index (χ4v) is 1.61. The van der Waals surface area contributed by atoms with Crippen molar-refractivity contribution in [2.24, 2.45) is 0 Å². The Labute approximate surface area is 86.2 Å². The number of rotatable bonds is 1. The predicted molar refractivity (Wildman–Crippen MR) is 51.1 cm³/mol. The third-order valence-electron chi connectivity index (χ3n) is 1.56. The van der Waals surface area contributed by atoms with Crippen LogP contribution in [0.4, 0.5) is 8.78 Å². The van der Waals surface area contributed by atoms with Crippen LogP contribution in [0, 0.1) is 11.6 Å². The normalized spacial score (nSPS) is 10.4. The molecule has 0 aromatic heterocycles. The molecule has 0 N–H and O–H groups in total. The Kier molecular flexibility index (Phi) is 3.23. The lowest BCUT2D eigenvalue weighted by atomic mass is 10.1. The van der Waals surface area contributed by atoms with Gasteiger partial charge in [-0.15, -0.1) is 0 Å². The number of aryl methyl sites for hydroxylation is 1. The molecule has 0 atom stereocenters. The maximum absolute atomic E-state index is 13.2. The fourth-order valence-electron chi connectivity index (χ4n) is 0.879. The van der Waals surface area contributed by atoms with E-state index in [1.165, 1.54) is 6.07 Å². The van der Waals surface area contributed by atoms with Crippen LogP contribution in [0.5, 0.6) is 0 Å². The van der Waals surface area contributed by atoms with Crippen molar-refractivity contribution in [3.63, 3.8) is 0 Å². The highest BCUT2D eigenvalue weighted by molar-refractivity contribution is 9.13. The number of halogens is 4. The van der Waals surface area contributed by atoms with Gasteiger partial charge >= 0.3 is 0 Å². The highest BCUT2D eigenvalue weighted by atomic mass is 79.9. The van der Waals surface area contributed by atoms with Gasteiger partial charge in [0.25, 0.3) is 0 Å². The molecule has 0 saturated carbocycles. The molecule has 0 nitrogen and oxygen atoms in total. The molecule has 0 fully saturated rings. The van der Waals surface area contributed by atoms with E-state index in [-0.39, 0.29) is 8.95 Å². The summed E-state index contributed by atoms with van der Waals surface area (Å²) >= 11 is 5.89. The monoisotopic (exact) mass is 298 g/mol. The Morgan fingerprint density at radius 1 is 1.25 bits per heavy atom. The molecule has 0 unspecified atom stereocenters. The minimum absolute atomic E-state index is 0.136. The van der Waals surface area contributed by atoms with Gasteiger partial charge in [0.05, 0.1) is 8.95 Å². The first kappa shape index (κ1) is 10.1. The maximum Gasteiger partial charge on any atom is 0.141 e. The van der Waals surface area contributed by atoms with Crippen molar-refractivity contribution < 1.29 is 8.78 Å². The predicted octanol–water partition coefficient (Wildman–Crippen LogP) is 4.05. The first-order valence-electron chi connectivity index (χ1n) is 3.39. The van der Waals surface area contributed by atoms with Gasteiger partial charge in [-0.3, -0.25) is 0 Å². The minimum Gasteiger partial charge on any atom is -0.206 e. The highest BCUT2D eigenvalue weighted by Crippen LogP contribution is 2.30. The molecule has 1 rings (SSSR count). The highest BCUT2D eigenvalue weighted by Gasteiger charge is 2.13. The van der Waals surface area contributed by atoms with Crippen molar-refractivity contribution in [3.8, 4) is 0 Å². The number of hydrogen-bond acceptors (Lipinski definition) is 0. The summed E-state index contributed by atoms with van der Waals surface area (Å²) in [6.07, 6.45) is 0.481. The van der Waals surface area contributed by atoms with E-state index in [1.54, 1.807) is 6.92 Å². The van der Waals surface area contributed by atoms with Gasteiger partial charge < -0.3 is 0 Å². The standard InChI is InChI=1S/C8H6Br2F2/c1-2-4-3-5(11)6(9)7(10)8(4)12/h3H,2H2,1H3. The van der Waals surface area contributed by atoms with E-state index in [2.05, 4.69) is 31.9 Å². The molecule has 4 heteroatoms. The van der Waals surface area contributed by atoms with E-state index in [0.717, 1.165) is 0 Å². The molecule has 12 heavy (non-hydrogen) atoms. The van der Waals surface area contributed by atoms with Crippen LogP contribution in [0.2, 0.25) is 0 Å². The summed E-state index contributed by atoms with van der Waals surface area (Å²) in [5.41, 5.74) is 0.377. The Bertz CT molecular complexity index is 310. The zero-order valence-corrected chi connectivity index (χ0v) is 9.47. The molecule has 0 spiro atoms. The molecule has 0 radical (unpaired) electrons. The Morgan fingerprint density at radius 2 is 1.83 bits per heavy atom. The second kappa shape index (κ2) is 3.83. The average Bonchev–Trinajstić information content (AvgIpc) is 2.08. The van der Waals surface area contributed by atoms with Gasteiger partial charge in [-0.2, -0.15) is 0 Å². The SMILES string of the molecule is CCc1cc(F)c(Br)c(Br)c1F. The van der Waals surface area contributed by atoms with Gasteiger partial charge in [0.1, 0.15) is 11.6 Å². The number of hydrogen-bond donors (Lipinski definition) is 0. The Hall–Kier alpha value is 0.0400. The molecule has 0 bridgehead atoms. The van der Waals surface area contributed by atoms with E-state index < -0.39 is 11.6 Å². The second-order valence-corrected chi connectivity index (χ2v) is 3.90. The third-order valence-corrected chi connectivity index (χ3v) is 3.61. The molecule has 0 saturated heterocycles. The van der Waals surface area contributed by atoms with Crippen molar-refractivity contribution in [2.75, 3.05) is 0 Å². The van der Waals surface area contributed by atoms with Crippen molar-refractivity contribution in [3.05, 3.63) is 32.2 Å². The molecule has 0 heterocycles. The van der Waals surface area contributed by atoms with Crippen LogP contribution in [0.1, 0.15) is 12.5 Å². The smallest absolute Gasteiger partial charge is 0.141 e. The van der Waals surface area contributed by atoms with E-state index in [0.29, 0.717) is 12.0 Å². The zero-order chi connectivity index (χ0) is 9.30. The Morgan fingerprint density at radius 3 is 2.33 bits per heavy atom. The molecule has 0 aliphatic carbocycles. The number of benzene rings is 1. The van der Waals surface area contributed by atoms with Crippen LogP contribution in [-0.2, 0) is 6.42 Å². The van der Waals surface area contributed by atoms with Crippen LogP contribution in [0.15, 0.2) is 15.0 Å². The van der Waals surface area contributed by atoms with Gasteiger partial charge in [0, 0.05) is 0 Å². The van der Waals surface area contributed by atoms with Gasteiger partial charge in [-0.05, 0) is 49.9 Å². The quantitative estimate of drug-likeness (QED) is 0.542. The first-order chi connectivity index (χ1) is 5.57. The molecular formula is C8H6Br2F2. The topological polar surface area (TPSA) is 0 Å². The lowest BCUT2D eigenvalue weighted by Gasteiger charge is -2.04. The van der Waals surface area contributed by atoms with E-state index in [1.807, 2.05) is 0 Å². The Balaban J connectivity index is 3.39. The molecule has 0 amide bonds. The van der Waals surface area contributed by atoms with Crippen molar-refractivity contribution in [1.29, 1.82) is 0 Å². The van der Waals surface area contributed by atoms with Gasteiger partial charge in [0.2, 0.25) is 0 Å². The molecule has 1 aromatic rings. The molecule has 0 aliphatic rings. The molecule has 0 aliphatic heterocycles. The first-order valence-corrected chi connectivity index (χ1v) is 4.98. The fraction of sp³-hybridized carbons (Fsp3) is 0.250. The largest absolute Gasteiger partial charge is 0.206 e. The van der Waals surface area contributed by atoms with E-state index >= 15 is 0 Å². The summed E-state index contributed by atoms with van der Waals surface area (Å²) in [4.78, 5) is 0. The van der Waals surface area contributed by atoms with Gasteiger partial charge in [0.15, 0.2) is 0 Å². The summed E-state index contributed by atoms with van der Waals surface area (Å²) in [5.74, 6) is -0.842. The van der Waals surface area contributed by atoms with Crippen LogP contribution in [-0.4, -0.2) is 0 Å². The minimum atomic E-state index is -0.444. The lowest BCUT2D eigenvalue weighted by molar-refractivity contribution is 0.575. The van der Waals surface area contributed by atoms with Crippen LogP contribution < -0.4 is 0 Å². The van der Waals surface area contributed by atoms with Crippen LogP contribution >= 0.6 is 31.9 Å². The second-order valence-electron chi connectivity index (χ2n) is 2.31. The zero-order valence-electron chi connectivity index (χ0n) is 6.30. The van der Waals surface area contributed by atoms with Crippen molar-refractivity contribution in [1.82, 2.24) is 0 Å². The van der Waals surface area contributed by atoms with Crippen LogP contribution in [0.3, 0.4) is 0 Å². The van der Waals surface area contributed by atoms with Gasteiger partial charge in [-0.25, -0.2) is 8.78 Å². The van der Waals surface area contributed by atoms with E-state index in [9.17, 15) is 8.78 Å². The summed E-state index contributed by atoms with van der Waals surface area (Å²) in [6.45, 7) is 1.78. The molecule has 1 aromatic carbocycles. The molecular weight excluding hydrogens is 294 g/mol. The maximum atomic E-state index is 13.2. The van der Waals surface area contributed by atoms with Crippen LogP contribution in [0.25, 0.3) is 0 Å². The third kappa shape index (κ3) is 1.69. The van der Waals surface area contributed by atoms with Crippen molar-refractivity contribution >= 4 is 31.9 Å².